The monoisotopic (exact) mass is 278 g/mol. The molecule has 0 saturated carbocycles. The van der Waals surface area contributed by atoms with Gasteiger partial charge < -0.3 is 9.15 Å². The molecule has 100 valence electrons. The molecule has 1 aromatic heterocycles. The summed E-state index contributed by atoms with van der Waals surface area (Å²) >= 11 is 5.65. The van der Waals surface area contributed by atoms with E-state index < -0.39 is 0 Å². The van der Waals surface area contributed by atoms with Gasteiger partial charge in [0.25, 0.3) is 0 Å². The molecule has 1 aliphatic rings. The number of ether oxygens (including phenoxy) is 1. The molecule has 0 amide bonds. The van der Waals surface area contributed by atoms with Crippen molar-refractivity contribution in [2.45, 2.75) is 24.6 Å². The molecular weight excluding hydrogens is 264 g/mol. The quantitative estimate of drug-likeness (QED) is 0.808. The molecule has 3 rings (SSSR count). The van der Waals surface area contributed by atoms with Gasteiger partial charge in [-0.25, -0.2) is 0 Å². The number of benzene rings is 1. The van der Waals surface area contributed by atoms with Crippen molar-refractivity contribution in [3.05, 3.63) is 35.7 Å². The lowest BCUT2D eigenvalue weighted by Crippen LogP contribution is -2.13. The summed E-state index contributed by atoms with van der Waals surface area (Å²) in [7, 11) is 0. The number of alkyl halides is 1. The Morgan fingerprint density at radius 3 is 2.47 bits per heavy atom. The second kappa shape index (κ2) is 5.72. The molecule has 2 heterocycles. The summed E-state index contributed by atoms with van der Waals surface area (Å²) < 4.78 is 10.8. The van der Waals surface area contributed by atoms with Crippen molar-refractivity contribution < 1.29 is 9.15 Å². The van der Waals surface area contributed by atoms with E-state index in [1.165, 1.54) is 5.56 Å². The van der Waals surface area contributed by atoms with Crippen molar-refractivity contribution in [3.63, 3.8) is 0 Å². The first-order chi connectivity index (χ1) is 9.36. The van der Waals surface area contributed by atoms with Gasteiger partial charge in [0.15, 0.2) is 0 Å². The fraction of sp³-hybridized carbons (Fsp3) is 0.429. The Hall–Kier alpha value is -1.39. The largest absolute Gasteiger partial charge is 0.419 e. The van der Waals surface area contributed by atoms with Crippen molar-refractivity contribution in [2.24, 2.45) is 0 Å². The average molecular weight is 279 g/mol. The second-order valence-electron chi connectivity index (χ2n) is 4.64. The topological polar surface area (TPSA) is 48.2 Å². The van der Waals surface area contributed by atoms with Crippen molar-refractivity contribution in [1.82, 2.24) is 10.2 Å². The first-order valence-electron chi connectivity index (χ1n) is 6.43. The third kappa shape index (κ3) is 2.80. The molecule has 1 fully saturated rings. The highest BCUT2D eigenvalue weighted by molar-refractivity contribution is 6.16. The van der Waals surface area contributed by atoms with E-state index in [1.807, 2.05) is 12.1 Å². The molecule has 0 radical (unpaired) electrons. The zero-order chi connectivity index (χ0) is 13.1. The molecule has 1 aliphatic heterocycles. The van der Waals surface area contributed by atoms with Crippen molar-refractivity contribution >= 4 is 11.6 Å². The van der Waals surface area contributed by atoms with Crippen LogP contribution >= 0.6 is 11.6 Å². The molecule has 0 N–H and O–H groups in total. The number of aromatic nitrogens is 2. The summed E-state index contributed by atoms with van der Waals surface area (Å²) in [5.41, 5.74) is 2.28. The Morgan fingerprint density at radius 1 is 1.11 bits per heavy atom. The van der Waals surface area contributed by atoms with Gasteiger partial charge in [0.05, 0.1) is 0 Å². The Morgan fingerprint density at radius 2 is 1.84 bits per heavy atom. The third-order valence-electron chi connectivity index (χ3n) is 3.43. The molecule has 0 atom stereocenters. The van der Waals surface area contributed by atoms with Crippen LogP contribution in [-0.2, 0) is 10.6 Å². The minimum Gasteiger partial charge on any atom is -0.419 e. The molecule has 5 heteroatoms. The highest BCUT2D eigenvalue weighted by atomic mass is 35.5. The number of halogens is 1. The van der Waals surface area contributed by atoms with Crippen LogP contribution in [-0.4, -0.2) is 23.4 Å². The zero-order valence-corrected chi connectivity index (χ0v) is 11.3. The van der Waals surface area contributed by atoms with Gasteiger partial charge in [0.2, 0.25) is 11.8 Å². The van der Waals surface area contributed by atoms with E-state index in [4.69, 9.17) is 20.8 Å². The minimum atomic E-state index is 0.243. The normalized spacial score (nSPS) is 16.7. The van der Waals surface area contributed by atoms with Crippen LogP contribution in [0.25, 0.3) is 11.5 Å². The number of rotatable bonds is 3. The number of hydrogen-bond acceptors (Lipinski definition) is 4. The molecule has 19 heavy (non-hydrogen) atoms. The van der Waals surface area contributed by atoms with E-state index in [0.29, 0.717) is 17.7 Å². The van der Waals surface area contributed by atoms with Gasteiger partial charge >= 0.3 is 0 Å². The molecule has 0 aliphatic carbocycles. The highest BCUT2D eigenvalue weighted by Crippen LogP contribution is 2.28. The lowest BCUT2D eigenvalue weighted by Gasteiger charge is -2.22. The number of nitrogens with zero attached hydrogens (tertiary/aromatic N) is 2. The maximum atomic E-state index is 5.65. The molecule has 0 spiro atoms. The second-order valence-corrected chi connectivity index (χ2v) is 4.91. The molecule has 0 bridgehead atoms. The minimum absolute atomic E-state index is 0.243. The third-order valence-corrected chi connectivity index (χ3v) is 3.66. The summed E-state index contributed by atoms with van der Waals surface area (Å²) in [6.45, 7) is 1.71. The lowest BCUT2D eigenvalue weighted by atomic mass is 9.91. The average Bonchev–Trinajstić information content (AvgIpc) is 2.97. The standard InChI is InChI=1S/C14H15ClN2O2/c15-9-13-16-17-14(19-13)12-3-1-10(2-4-12)11-5-7-18-8-6-11/h1-4,11H,5-9H2. The van der Waals surface area contributed by atoms with Crippen LogP contribution in [0.15, 0.2) is 28.7 Å². The lowest BCUT2D eigenvalue weighted by molar-refractivity contribution is 0.0853. The number of hydrogen-bond donors (Lipinski definition) is 0. The van der Waals surface area contributed by atoms with Gasteiger partial charge in [-0.3, -0.25) is 0 Å². The van der Waals surface area contributed by atoms with Gasteiger partial charge in [-0.05, 0) is 36.5 Å². The summed E-state index contributed by atoms with van der Waals surface area (Å²) in [5.74, 6) is 1.82. The van der Waals surface area contributed by atoms with Crippen LogP contribution in [0.1, 0.15) is 30.2 Å². The van der Waals surface area contributed by atoms with Crippen molar-refractivity contribution in [1.29, 1.82) is 0 Å². The van der Waals surface area contributed by atoms with Crippen LogP contribution < -0.4 is 0 Å². The summed E-state index contributed by atoms with van der Waals surface area (Å²) in [6.07, 6.45) is 2.19. The maximum absolute atomic E-state index is 5.65. The smallest absolute Gasteiger partial charge is 0.247 e. The first kappa shape index (κ1) is 12.6. The molecule has 0 unspecified atom stereocenters. The SMILES string of the molecule is ClCc1nnc(-c2ccc(C3CCOCC3)cc2)o1. The van der Waals surface area contributed by atoms with E-state index in [0.717, 1.165) is 31.6 Å². The van der Waals surface area contributed by atoms with Gasteiger partial charge in [-0.15, -0.1) is 21.8 Å². The Labute approximate surface area is 116 Å². The predicted molar refractivity (Wildman–Crippen MR) is 72.1 cm³/mol. The Balaban J connectivity index is 1.78. The Kier molecular flexibility index (Phi) is 3.80. The van der Waals surface area contributed by atoms with Gasteiger partial charge in [0, 0.05) is 18.8 Å². The summed E-state index contributed by atoms with van der Waals surface area (Å²) in [5, 5.41) is 7.84. The van der Waals surface area contributed by atoms with Crippen LogP contribution in [0, 0.1) is 0 Å². The molecule has 4 nitrogen and oxygen atoms in total. The zero-order valence-electron chi connectivity index (χ0n) is 10.5. The van der Waals surface area contributed by atoms with E-state index in [2.05, 4.69) is 22.3 Å². The Bertz CT molecular complexity index is 533. The molecule has 1 aromatic carbocycles. The van der Waals surface area contributed by atoms with Crippen molar-refractivity contribution in [2.75, 3.05) is 13.2 Å². The van der Waals surface area contributed by atoms with Crippen LogP contribution in [0.4, 0.5) is 0 Å². The molecule has 1 saturated heterocycles. The fourth-order valence-corrected chi connectivity index (χ4v) is 2.46. The molecule has 2 aromatic rings. The summed E-state index contributed by atoms with van der Waals surface area (Å²) in [6, 6.07) is 8.32. The van der Waals surface area contributed by atoms with E-state index in [9.17, 15) is 0 Å². The first-order valence-corrected chi connectivity index (χ1v) is 6.96. The molecular formula is C14H15ClN2O2. The highest BCUT2D eigenvalue weighted by Gasteiger charge is 2.16. The van der Waals surface area contributed by atoms with Gasteiger partial charge in [-0.1, -0.05) is 12.1 Å². The van der Waals surface area contributed by atoms with Gasteiger partial charge in [-0.2, -0.15) is 0 Å². The maximum Gasteiger partial charge on any atom is 0.247 e. The van der Waals surface area contributed by atoms with Crippen LogP contribution in [0.3, 0.4) is 0 Å². The van der Waals surface area contributed by atoms with Gasteiger partial charge in [0.1, 0.15) is 5.88 Å². The van der Waals surface area contributed by atoms with Crippen molar-refractivity contribution in [3.8, 4) is 11.5 Å². The van der Waals surface area contributed by atoms with Crippen LogP contribution in [0.5, 0.6) is 0 Å². The van der Waals surface area contributed by atoms with E-state index >= 15 is 0 Å². The van der Waals surface area contributed by atoms with E-state index in [-0.39, 0.29) is 5.88 Å². The van der Waals surface area contributed by atoms with E-state index in [1.54, 1.807) is 0 Å². The van der Waals surface area contributed by atoms with Crippen LogP contribution in [0.2, 0.25) is 0 Å². The fourth-order valence-electron chi connectivity index (χ4n) is 2.35. The summed E-state index contributed by atoms with van der Waals surface area (Å²) in [4.78, 5) is 0. The predicted octanol–water partition coefficient (Wildman–Crippen LogP) is 3.37.